The van der Waals surface area contributed by atoms with Crippen LogP contribution in [-0.2, 0) is 4.74 Å². The largest absolute Gasteiger partial charge is 0.504 e. The molecule has 1 atom stereocenters. The summed E-state index contributed by atoms with van der Waals surface area (Å²) in [6.07, 6.45) is 0. The third-order valence-electron chi connectivity index (χ3n) is 3.39. The maximum atomic E-state index is 12.0. The van der Waals surface area contributed by atoms with Gasteiger partial charge in [0.2, 0.25) is 0 Å². The number of likely N-dealkylation sites (N-methyl/N-ethyl adjacent to an activating group) is 1. The Bertz CT molecular complexity index is 458. The Balaban J connectivity index is 2.65. The molecule has 0 aliphatic rings. The van der Waals surface area contributed by atoms with Crippen LogP contribution in [0.15, 0.2) is 18.2 Å². The first-order chi connectivity index (χ1) is 10.0. The number of carbonyl (C=O) groups is 1. The van der Waals surface area contributed by atoms with Crippen LogP contribution in [0.4, 0.5) is 0 Å². The van der Waals surface area contributed by atoms with Crippen molar-refractivity contribution in [3.8, 4) is 11.5 Å². The minimum Gasteiger partial charge on any atom is -0.504 e. The molecule has 1 aromatic rings. The number of phenolic OH excluding ortho intramolecular Hbond substituents is 1. The fourth-order valence-corrected chi connectivity index (χ4v) is 2.14. The SMILES string of the molecule is CCOc1cc(C(=O)OC[C@H](C)N(CC)CC)ccc1O. The smallest absolute Gasteiger partial charge is 0.338 e. The average molecular weight is 295 g/mol. The number of carbonyl (C=O) groups excluding carboxylic acids is 1. The lowest BCUT2D eigenvalue weighted by atomic mass is 10.2. The van der Waals surface area contributed by atoms with Crippen LogP contribution in [0.5, 0.6) is 11.5 Å². The van der Waals surface area contributed by atoms with Crippen molar-refractivity contribution in [1.29, 1.82) is 0 Å². The number of rotatable bonds is 8. The van der Waals surface area contributed by atoms with Crippen molar-refractivity contribution in [1.82, 2.24) is 4.90 Å². The molecule has 5 nitrogen and oxygen atoms in total. The van der Waals surface area contributed by atoms with Crippen LogP contribution in [0, 0.1) is 0 Å². The molecule has 0 fully saturated rings. The van der Waals surface area contributed by atoms with Crippen molar-refractivity contribution in [2.45, 2.75) is 33.7 Å². The topological polar surface area (TPSA) is 59.0 Å². The van der Waals surface area contributed by atoms with Crippen LogP contribution < -0.4 is 4.74 Å². The molecule has 21 heavy (non-hydrogen) atoms. The number of nitrogens with zero attached hydrogens (tertiary/aromatic N) is 1. The van der Waals surface area contributed by atoms with Gasteiger partial charge in [0, 0.05) is 6.04 Å². The van der Waals surface area contributed by atoms with E-state index in [0.717, 1.165) is 13.1 Å². The summed E-state index contributed by atoms with van der Waals surface area (Å²) in [6.45, 7) is 10.6. The van der Waals surface area contributed by atoms with E-state index in [2.05, 4.69) is 18.7 Å². The van der Waals surface area contributed by atoms with Crippen molar-refractivity contribution in [2.75, 3.05) is 26.3 Å². The van der Waals surface area contributed by atoms with E-state index in [-0.39, 0.29) is 11.8 Å². The van der Waals surface area contributed by atoms with E-state index in [1.165, 1.54) is 18.2 Å². The first-order valence-corrected chi connectivity index (χ1v) is 7.40. The third-order valence-corrected chi connectivity index (χ3v) is 3.39. The van der Waals surface area contributed by atoms with E-state index >= 15 is 0 Å². The third kappa shape index (κ3) is 4.93. The molecule has 0 aromatic heterocycles. The second-order valence-corrected chi connectivity index (χ2v) is 4.78. The maximum Gasteiger partial charge on any atom is 0.338 e. The number of hydrogen-bond acceptors (Lipinski definition) is 5. The highest BCUT2D eigenvalue weighted by atomic mass is 16.5. The highest BCUT2D eigenvalue weighted by Crippen LogP contribution is 2.27. The van der Waals surface area contributed by atoms with Crippen LogP contribution in [0.2, 0.25) is 0 Å². The molecule has 0 spiro atoms. The lowest BCUT2D eigenvalue weighted by Crippen LogP contribution is -2.36. The molecule has 0 heterocycles. The van der Waals surface area contributed by atoms with Crippen molar-refractivity contribution >= 4 is 5.97 Å². The van der Waals surface area contributed by atoms with Crippen molar-refractivity contribution < 1.29 is 19.4 Å². The van der Waals surface area contributed by atoms with E-state index in [4.69, 9.17) is 9.47 Å². The Kier molecular flexibility index (Phi) is 7.02. The number of aromatic hydroxyl groups is 1. The molecule has 0 unspecified atom stereocenters. The minimum atomic E-state index is -0.407. The van der Waals surface area contributed by atoms with Gasteiger partial charge in [0.05, 0.1) is 12.2 Å². The van der Waals surface area contributed by atoms with Gasteiger partial charge in [-0.25, -0.2) is 4.79 Å². The molecule has 0 aliphatic heterocycles. The van der Waals surface area contributed by atoms with E-state index in [1.807, 2.05) is 13.8 Å². The molecule has 0 saturated carbocycles. The number of benzene rings is 1. The first kappa shape index (κ1) is 17.3. The molecule has 0 saturated heterocycles. The summed E-state index contributed by atoms with van der Waals surface area (Å²) in [6, 6.07) is 4.65. The van der Waals surface area contributed by atoms with Crippen LogP contribution in [0.1, 0.15) is 38.1 Å². The van der Waals surface area contributed by atoms with Gasteiger partial charge in [0.1, 0.15) is 6.61 Å². The Hall–Kier alpha value is -1.75. The van der Waals surface area contributed by atoms with E-state index in [9.17, 15) is 9.90 Å². The van der Waals surface area contributed by atoms with E-state index < -0.39 is 5.97 Å². The summed E-state index contributed by atoms with van der Waals surface area (Å²) in [5, 5.41) is 9.62. The van der Waals surface area contributed by atoms with Gasteiger partial charge in [-0.05, 0) is 45.1 Å². The Morgan fingerprint density at radius 2 is 1.95 bits per heavy atom. The highest BCUT2D eigenvalue weighted by Gasteiger charge is 2.15. The van der Waals surface area contributed by atoms with Gasteiger partial charge in [-0.2, -0.15) is 0 Å². The van der Waals surface area contributed by atoms with Gasteiger partial charge in [0.15, 0.2) is 11.5 Å². The summed E-state index contributed by atoms with van der Waals surface area (Å²) in [7, 11) is 0. The molecule has 0 bridgehead atoms. The summed E-state index contributed by atoms with van der Waals surface area (Å²) in [4.78, 5) is 14.3. The van der Waals surface area contributed by atoms with Gasteiger partial charge in [-0.3, -0.25) is 4.90 Å². The fourth-order valence-electron chi connectivity index (χ4n) is 2.14. The lowest BCUT2D eigenvalue weighted by molar-refractivity contribution is 0.0381. The molecule has 0 radical (unpaired) electrons. The van der Waals surface area contributed by atoms with Gasteiger partial charge < -0.3 is 14.6 Å². The monoisotopic (exact) mass is 295 g/mol. The number of esters is 1. The molecule has 1 rings (SSSR count). The van der Waals surface area contributed by atoms with Gasteiger partial charge in [0.25, 0.3) is 0 Å². The van der Waals surface area contributed by atoms with Crippen molar-refractivity contribution in [3.63, 3.8) is 0 Å². The second-order valence-electron chi connectivity index (χ2n) is 4.78. The number of ether oxygens (including phenoxy) is 2. The van der Waals surface area contributed by atoms with E-state index in [1.54, 1.807) is 0 Å². The van der Waals surface area contributed by atoms with Crippen molar-refractivity contribution in [3.05, 3.63) is 23.8 Å². The van der Waals surface area contributed by atoms with Crippen LogP contribution in [0.25, 0.3) is 0 Å². The Morgan fingerprint density at radius 1 is 1.29 bits per heavy atom. The van der Waals surface area contributed by atoms with Crippen molar-refractivity contribution in [2.24, 2.45) is 0 Å². The molecule has 1 N–H and O–H groups in total. The summed E-state index contributed by atoms with van der Waals surface area (Å²) in [5.41, 5.74) is 0.378. The maximum absolute atomic E-state index is 12.0. The summed E-state index contributed by atoms with van der Waals surface area (Å²) in [5.74, 6) is -0.0939. The van der Waals surface area contributed by atoms with Crippen LogP contribution in [0.3, 0.4) is 0 Å². The predicted molar refractivity (Wildman–Crippen MR) is 81.9 cm³/mol. The molecule has 0 aliphatic carbocycles. The average Bonchev–Trinajstić information content (AvgIpc) is 2.48. The quantitative estimate of drug-likeness (QED) is 0.747. The molecule has 118 valence electrons. The zero-order valence-electron chi connectivity index (χ0n) is 13.3. The van der Waals surface area contributed by atoms with Crippen LogP contribution in [-0.4, -0.2) is 48.3 Å². The van der Waals surface area contributed by atoms with Gasteiger partial charge in [-0.1, -0.05) is 13.8 Å². The molecule has 5 heteroatoms. The predicted octanol–water partition coefficient (Wildman–Crippen LogP) is 2.68. The van der Waals surface area contributed by atoms with Crippen LogP contribution >= 0.6 is 0 Å². The molecular weight excluding hydrogens is 270 g/mol. The molecular formula is C16H25NO4. The summed E-state index contributed by atoms with van der Waals surface area (Å²) >= 11 is 0. The lowest BCUT2D eigenvalue weighted by Gasteiger charge is -2.25. The zero-order chi connectivity index (χ0) is 15.8. The van der Waals surface area contributed by atoms with E-state index in [0.29, 0.717) is 24.5 Å². The van der Waals surface area contributed by atoms with Gasteiger partial charge >= 0.3 is 5.97 Å². The number of hydrogen-bond donors (Lipinski definition) is 1. The zero-order valence-corrected chi connectivity index (χ0v) is 13.3. The minimum absolute atomic E-state index is 0.0184. The second kappa shape index (κ2) is 8.52. The Morgan fingerprint density at radius 3 is 2.52 bits per heavy atom. The highest BCUT2D eigenvalue weighted by molar-refractivity contribution is 5.90. The molecule has 0 amide bonds. The summed E-state index contributed by atoms with van der Waals surface area (Å²) < 4.78 is 10.6. The van der Waals surface area contributed by atoms with Gasteiger partial charge in [-0.15, -0.1) is 0 Å². The molecule has 1 aromatic carbocycles. The standard InChI is InChI=1S/C16H25NO4/c1-5-17(6-2)12(4)11-21-16(19)13-8-9-14(18)15(10-13)20-7-3/h8-10,12,18H,5-7,11H2,1-4H3/t12-/m0/s1. The first-order valence-electron chi connectivity index (χ1n) is 7.40. The Labute approximate surface area is 126 Å². The normalized spacial score (nSPS) is 12.2. The number of phenols is 1. The fraction of sp³-hybridized carbons (Fsp3) is 0.562.